The maximum absolute atomic E-state index is 5.42. The number of rotatable bonds is 5. The van der Waals surface area contributed by atoms with Crippen molar-refractivity contribution in [3.05, 3.63) is 0 Å². The van der Waals surface area contributed by atoms with Crippen molar-refractivity contribution in [2.24, 2.45) is 29.6 Å². The first kappa shape index (κ1) is 11.7. The van der Waals surface area contributed by atoms with Gasteiger partial charge < -0.3 is 10.1 Å². The van der Waals surface area contributed by atoms with Crippen molar-refractivity contribution in [3.63, 3.8) is 0 Å². The zero-order valence-corrected chi connectivity index (χ0v) is 11.6. The predicted octanol–water partition coefficient (Wildman–Crippen LogP) is 2.83. The Morgan fingerprint density at radius 3 is 2.67 bits per heavy atom. The highest BCUT2D eigenvalue weighted by molar-refractivity contribution is 5.06. The molecule has 2 heteroatoms. The Hall–Kier alpha value is -0.0800. The first-order valence-electron chi connectivity index (χ1n) is 8.12. The summed E-state index contributed by atoms with van der Waals surface area (Å²) in [6.07, 6.45) is 10.4. The number of nitrogens with one attached hydrogen (secondary N) is 1. The summed E-state index contributed by atoms with van der Waals surface area (Å²) in [5, 5.41) is 4.00. The highest BCUT2D eigenvalue weighted by Gasteiger charge is 2.54. The molecule has 0 aromatic carbocycles. The van der Waals surface area contributed by atoms with Crippen molar-refractivity contribution in [3.8, 4) is 0 Å². The van der Waals surface area contributed by atoms with E-state index in [1.807, 2.05) is 7.11 Å². The van der Waals surface area contributed by atoms with Gasteiger partial charge in [0.05, 0.1) is 6.61 Å². The van der Waals surface area contributed by atoms with Crippen LogP contribution in [0.1, 0.15) is 44.9 Å². The van der Waals surface area contributed by atoms with Gasteiger partial charge >= 0.3 is 0 Å². The molecule has 2 bridgehead atoms. The second-order valence-electron chi connectivity index (χ2n) is 7.33. The average molecular weight is 249 g/mol. The van der Waals surface area contributed by atoms with E-state index < -0.39 is 0 Å². The number of ether oxygens (including phenoxy) is 1. The molecular formula is C16H27NO. The van der Waals surface area contributed by atoms with Gasteiger partial charge in [0.2, 0.25) is 0 Å². The fourth-order valence-electron chi connectivity index (χ4n) is 5.53. The molecule has 0 saturated heterocycles. The van der Waals surface area contributed by atoms with Crippen LogP contribution < -0.4 is 5.32 Å². The van der Waals surface area contributed by atoms with Crippen molar-refractivity contribution < 1.29 is 4.74 Å². The number of hydrogen-bond donors (Lipinski definition) is 1. The van der Waals surface area contributed by atoms with Crippen LogP contribution in [0, 0.1) is 29.6 Å². The molecule has 0 aliphatic heterocycles. The SMILES string of the molecule is COCC(NC1CC2CC1C1CCCC21)C1CC1. The second kappa shape index (κ2) is 4.49. The lowest BCUT2D eigenvalue weighted by Gasteiger charge is -2.34. The van der Waals surface area contributed by atoms with Crippen molar-refractivity contribution in [2.45, 2.75) is 57.0 Å². The molecule has 2 nitrogen and oxygen atoms in total. The first-order chi connectivity index (χ1) is 8.86. The minimum absolute atomic E-state index is 0.652. The largest absolute Gasteiger partial charge is 0.383 e. The molecule has 0 aromatic rings. The van der Waals surface area contributed by atoms with Gasteiger partial charge in [-0.1, -0.05) is 6.42 Å². The fraction of sp³-hybridized carbons (Fsp3) is 1.00. The number of hydrogen-bond acceptors (Lipinski definition) is 2. The minimum atomic E-state index is 0.652. The van der Waals surface area contributed by atoms with Crippen LogP contribution in [-0.2, 0) is 4.74 Å². The van der Waals surface area contributed by atoms with Crippen LogP contribution in [-0.4, -0.2) is 25.8 Å². The van der Waals surface area contributed by atoms with Crippen molar-refractivity contribution in [1.29, 1.82) is 0 Å². The molecule has 6 unspecified atom stereocenters. The lowest BCUT2D eigenvalue weighted by Crippen LogP contribution is -2.47. The molecule has 0 aromatic heterocycles. The topological polar surface area (TPSA) is 21.3 Å². The summed E-state index contributed by atoms with van der Waals surface area (Å²) in [7, 11) is 1.85. The Morgan fingerprint density at radius 1 is 1.06 bits per heavy atom. The Labute approximate surface area is 111 Å². The summed E-state index contributed by atoms with van der Waals surface area (Å²) in [6, 6.07) is 1.48. The molecule has 4 aliphatic rings. The third kappa shape index (κ3) is 1.84. The summed E-state index contributed by atoms with van der Waals surface area (Å²) >= 11 is 0. The summed E-state index contributed by atoms with van der Waals surface area (Å²) in [6.45, 7) is 0.923. The summed E-state index contributed by atoms with van der Waals surface area (Å²) < 4.78 is 5.42. The van der Waals surface area contributed by atoms with Crippen LogP contribution in [0.25, 0.3) is 0 Å². The van der Waals surface area contributed by atoms with Crippen molar-refractivity contribution in [1.82, 2.24) is 5.32 Å². The molecule has 0 heterocycles. The molecule has 6 atom stereocenters. The van der Waals surface area contributed by atoms with E-state index in [1.165, 1.54) is 38.5 Å². The van der Waals surface area contributed by atoms with Crippen LogP contribution in [0.2, 0.25) is 0 Å². The van der Waals surface area contributed by atoms with Gasteiger partial charge in [0.1, 0.15) is 0 Å². The quantitative estimate of drug-likeness (QED) is 0.809. The molecule has 102 valence electrons. The van der Waals surface area contributed by atoms with Gasteiger partial charge in [-0.3, -0.25) is 0 Å². The lowest BCUT2D eigenvalue weighted by molar-refractivity contribution is 0.130. The molecule has 1 N–H and O–H groups in total. The van der Waals surface area contributed by atoms with E-state index in [0.29, 0.717) is 6.04 Å². The van der Waals surface area contributed by atoms with Gasteiger partial charge in [-0.15, -0.1) is 0 Å². The van der Waals surface area contributed by atoms with Crippen molar-refractivity contribution >= 4 is 0 Å². The van der Waals surface area contributed by atoms with Crippen molar-refractivity contribution in [2.75, 3.05) is 13.7 Å². The van der Waals surface area contributed by atoms with E-state index in [1.54, 1.807) is 6.42 Å². The number of fused-ring (bicyclic) bond motifs is 5. The Bertz CT molecular complexity index is 314. The van der Waals surface area contributed by atoms with Gasteiger partial charge in [0.15, 0.2) is 0 Å². The third-order valence-corrected chi connectivity index (χ3v) is 6.39. The molecule has 0 amide bonds. The van der Waals surface area contributed by atoms with Crippen LogP contribution in [0.5, 0.6) is 0 Å². The van der Waals surface area contributed by atoms with Gasteiger partial charge in [-0.25, -0.2) is 0 Å². The molecule has 4 rings (SSSR count). The highest BCUT2D eigenvalue weighted by atomic mass is 16.5. The second-order valence-corrected chi connectivity index (χ2v) is 7.33. The molecular weight excluding hydrogens is 222 g/mol. The maximum atomic E-state index is 5.42. The average Bonchev–Trinajstić information content (AvgIpc) is 2.84. The van der Waals surface area contributed by atoms with Crippen LogP contribution in [0.4, 0.5) is 0 Å². The van der Waals surface area contributed by atoms with E-state index in [2.05, 4.69) is 5.32 Å². The van der Waals surface area contributed by atoms with Gasteiger partial charge in [0, 0.05) is 19.2 Å². The zero-order valence-electron chi connectivity index (χ0n) is 11.6. The van der Waals surface area contributed by atoms with Gasteiger partial charge in [-0.2, -0.15) is 0 Å². The molecule has 4 fully saturated rings. The van der Waals surface area contributed by atoms with Gasteiger partial charge in [-0.05, 0) is 68.1 Å². The molecule has 0 radical (unpaired) electrons. The fourth-order valence-corrected chi connectivity index (χ4v) is 5.53. The van der Waals surface area contributed by atoms with E-state index in [9.17, 15) is 0 Å². The molecule has 0 spiro atoms. The van der Waals surface area contributed by atoms with E-state index in [4.69, 9.17) is 4.74 Å². The van der Waals surface area contributed by atoms with Crippen LogP contribution >= 0.6 is 0 Å². The lowest BCUT2D eigenvalue weighted by atomic mass is 9.79. The van der Waals surface area contributed by atoms with Crippen LogP contribution in [0.3, 0.4) is 0 Å². The normalized spacial score (nSPS) is 47.5. The molecule has 4 saturated carbocycles. The zero-order chi connectivity index (χ0) is 12.1. The standard InChI is InChI=1S/C16H27NO/c1-18-9-16(10-5-6-10)17-15-8-11-7-14(15)13-4-2-3-12(11)13/h10-17H,2-9H2,1H3. The van der Waals surface area contributed by atoms with E-state index >= 15 is 0 Å². The van der Waals surface area contributed by atoms with E-state index in [-0.39, 0.29) is 0 Å². The summed E-state index contributed by atoms with van der Waals surface area (Å²) in [5.74, 6) is 5.21. The Kier molecular flexibility index (Phi) is 2.92. The maximum Gasteiger partial charge on any atom is 0.0618 e. The smallest absolute Gasteiger partial charge is 0.0618 e. The minimum Gasteiger partial charge on any atom is -0.383 e. The van der Waals surface area contributed by atoms with Crippen LogP contribution in [0.15, 0.2) is 0 Å². The Balaban J connectivity index is 1.41. The van der Waals surface area contributed by atoms with E-state index in [0.717, 1.165) is 42.2 Å². The highest BCUT2D eigenvalue weighted by Crippen LogP contribution is 2.58. The predicted molar refractivity (Wildman–Crippen MR) is 72.4 cm³/mol. The summed E-state index contributed by atoms with van der Waals surface area (Å²) in [4.78, 5) is 0. The third-order valence-electron chi connectivity index (χ3n) is 6.39. The summed E-state index contributed by atoms with van der Waals surface area (Å²) in [5.41, 5.74) is 0. The Morgan fingerprint density at radius 2 is 1.89 bits per heavy atom. The first-order valence-corrected chi connectivity index (χ1v) is 8.12. The number of methoxy groups -OCH3 is 1. The molecule has 18 heavy (non-hydrogen) atoms. The molecule has 4 aliphatic carbocycles. The van der Waals surface area contributed by atoms with Gasteiger partial charge in [0.25, 0.3) is 0 Å². The monoisotopic (exact) mass is 249 g/mol.